The molecule has 0 saturated carbocycles. The van der Waals surface area contributed by atoms with E-state index in [1.54, 1.807) is 7.11 Å². The summed E-state index contributed by atoms with van der Waals surface area (Å²) >= 11 is 0. The predicted octanol–water partition coefficient (Wildman–Crippen LogP) is 1.65. The van der Waals surface area contributed by atoms with E-state index < -0.39 is 14.6 Å². The number of methoxy groups -OCH3 is 1. The third-order valence-corrected chi connectivity index (χ3v) is 8.22. The summed E-state index contributed by atoms with van der Waals surface area (Å²) in [6, 6.07) is 7.70. The van der Waals surface area contributed by atoms with Gasteiger partial charge in [0.15, 0.2) is 15.7 Å². The molecule has 2 aliphatic heterocycles. The lowest BCUT2D eigenvalue weighted by Gasteiger charge is -2.48. The van der Waals surface area contributed by atoms with Crippen LogP contribution in [-0.4, -0.2) is 60.7 Å². The molecule has 140 valence electrons. The van der Waals surface area contributed by atoms with Crippen LogP contribution in [-0.2, 0) is 16.3 Å². The second kappa shape index (κ2) is 6.35. The van der Waals surface area contributed by atoms with E-state index in [0.29, 0.717) is 37.6 Å². The average molecular weight is 377 g/mol. The Labute approximate surface area is 153 Å². The normalized spacial score (nSPS) is 23.8. The fourth-order valence-corrected chi connectivity index (χ4v) is 6.43. The number of hydrogen-bond donors (Lipinski definition) is 0. The Morgan fingerprint density at radius 1 is 1.31 bits per heavy atom. The summed E-state index contributed by atoms with van der Waals surface area (Å²) in [6.45, 7) is 4.03. The third kappa shape index (κ3) is 2.72. The summed E-state index contributed by atoms with van der Waals surface area (Å²) in [6.07, 6.45) is 1.10. The Kier molecular flexibility index (Phi) is 4.27. The van der Waals surface area contributed by atoms with E-state index in [9.17, 15) is 8.42 Å². The van der Waals surface area contributed by atoms with Crippen molar-refractivity contribution in [2.75, 3.05) is 32.5 Å². The molecule has 2 fully saturated rings. The van der Waals surface area contributed by atoms with Gasteiger partial charge in [-0.25, -0.2) is 8.42 Å². The van der Waals surface area contributed by atoms with Gasteiger partial charge in [0.05, 0.1) is 18.8 Å². The molecule has 2 aliphatic rings. The van der Waals surface area contributed by atoms with Crippen LogP contribution in [0.2, 0.25) is 0 Å². The van der Waals surface area contributed by atoms with Gasteiger partial charge < -0.3 is 14.2 Å². The highest BCUT2D eigenvalue weighted by Crippen LogP contribution is 2.49. The molecule has 7 nitrogen and oxygen atoms in total. The van der Waals surface area contributed by atoms with Crippen LogP contribution >= 0.6 is 0 Å². The van der Waals surface area contributed by atoms with Crippen LogP contribution in [0.5, 0.6) is 5.75 Å². The molecule has 1 aromatic carbocycles. The molecule has 0 bridgehead atoms. The average Bonchev–Trinajstić information content (AvgIpc) is 3.15. The van der Waals surface area contributed by atoms with E-state index in [1.807, 2.05) is 31.2 Å². The molecule has 3 heterocycles. The standard InChI is InChI=1S/C18H23N3O4S/c1-3-21-11-18(12-21)15(8-9-26(18,22)23)17-19-16(20-25-17)10-13-4-6-14(24-2)7-5-13/h4-7,15H,3,8-12H2,1-2H3. The van der Waals surface area contributed by atoms with E-state index >= 15 is 0 Å². The van der Waals surface area contributed by atoms with E-state index in [4.69, 9.17) is 9.26 Å². The third-order valence-electron chi connectivity index (χ3n) is 5.66. The van der Waals surface area contributed by atoms with Crippen LogP contribution < -0.4 is 4.74 Å². The number of hydrogen-bond acceptors (Lipinski definition) is 7. The van der Waals surface area contributed by atoms with Crippen LogP contribution in [0.4, 0.5) is 0 Å². The van der Waals surface area contributed by atoms with E-state index in [2.05, 4.69) is 15.0 Å². The Bertz CT molecular complexity index is 885. The lowest BCUT2D eigenvalue weighted by Crippen LogP contribution is -2.66. The van der Waals surface area contributed by atoms with E-state index in [0.717, 1.165) is 17.9 Å². The largest absolute Gasteiger partial charge is 0.497 e. The maximum atomic E-state index is 12.6. The van der Waals surface area contributed by atoms with Gasteiger partial charge in [0.2, 0.25) is 5.89 Å². The summed E-state index contributed by atoms with van der Waals surface area (Å²) in [5.41, 5.74) is 1.05. The van der Waals surface area contributed by atoms with Crippen molar-refractivity contribution in [3.05, 3.63) is 41.5 Å². The molecule has 2 aromatic rings. The van der Waals surface area contributed by atoms with Crippen molar-refractivity contribution in [3.8, 4) is 5.75 Å². The molecule has 0 radical (unpaired) electrons. The number of nitrogens with zero attached hydrogens (tertiary/aromatic N) is 3. The van der Waals surface area contributed by atoms with Crippen LogP contribution in [0, 0.1) is 0 Å². The molecule has 0 N–H and O–H groups in total. The zero-order valence-electron chi connectivity index (χ0n) is 15.0. The van der Waals surface area contributed by atoms with Crippen molar-refractivity contribution in [2.24, 2.45) is 0 Å². The van der Waals surface area contributed by atoms with Crippen LogP contribution in [0.1, 0.15) is 36.5 Å². The van der Waals surface area contributed by atoms with Gasteiger partial charge in [-0.15, -0.1) is 0 Å². The number of rotatable bonds is 5. The quantitative estimate of drug-likeness (QED) is 0.783. The fourth-order valence-electron chi connectivity index (χ4n) is 4.06. The Balaban J connectivity index is 1.54. The minimum Gasteiger partial charge on any atom is -0.497 e. The maximum absolute atomic E-state index is 12.6. The highest BCUT2D eigenvalue weighted by atomic mass is 32.2. The van der Waals surface area contributed by atoms with Crippen LogP contribution in [0.15, 0.2) is 28.8 Å². The van der Waals surface area contributed by atoms with Gasteiger partial charge in [0.1, 0.15) is 10.5 Å². The van der Waals surface area contributed by atoms with Crippen molar-refractivity contribution >= 4 is 9.84 Å². The molecule has 2 saturated heterocycles. The van der Waals surface area contributed by atoms with Crippen LogP contribution in [0.3, 0.4) is 0 Å². The van der Waals surface area contributed by atoms with E-state index in [-0.39, 0.29) is 11.7 Å². The summed E-state index contributed by atoms with van der Waals surface area (Å²) in [4.78, 5) is 6.68. The number of likely N-dealkylation sites (tertiary alicyclic amines) is 1. The highest BCUT2D eigenvalue weighted by molar-refractivity contribution is 7.93. The van der Waals surface area contributed by atoms with E-state index in [1.165, 1.54) is 0 Å². The zero-order chi connectivity index (χ0) is 18.4. The SMILES string of the molecule is CCN1CC2(C1)C(c1nc(Cc3ccc(OC)cc3)no1)CCS2(=O)=O. The molecular weight excluding hydrogens is 354 g/mol. The minimum atomic E-state index is -3.13. The molecule has 8 heteroatoms. The second-order valence-electron chi connectivity index (χ2n) is 7.10. The first-order valence-corrected chi connectivity index (χ1v) is 10.5. The molecule has 1 atom stereocenters. The summed E-state index contributed by atoms with van der Waals surface area (Å²) < 4.78 is 35.2. The van der Waals surface area contributed by atoms with Gasteiger partial charge in [0, 0.05) is 19.5 Å². The van der Waals surface area contributed by atoms with Gasteiger partial charge in [0.25, 0.3) is 0 Å². The maximum Gasteiger partial charge on any atom is 0.231 e. The monoisotopic (exact) mass is 377 g/mol. The van der Waals surface area contributed by atoms with Gasteiger partial charge >= 0.3 is 0 Å². The lowest BCUT2D eigenvalue weighted by molar-refractivity contribution is 0.104. The van der Waals surface area contributed by atoms with Crippen molar-refractivity contribution in [1.82, 2.24) is 15.0 Å². The molecule has 1 aromatic heterocycles. The number of sulfone groups is 1. The highest BCUT2D eigenvalue weighted by Gasteiger charge is 2.63. The van der Waals surface area contributed by atoms with Crippen molar-refractivity contribution < 1.29 is 17.7 Å². The topological polar surface area (TPSA) is 85.5 Å². The number of aromatic nitrogens is 2. The molecule has 1 unspecified atom stereocenters. The van der Waals surface area contributed by atoms with Crippen molar-refractivity contribution in [1.29, 1.82) is 0 Å². The zero-order valence-corrected chi connectivity index (χ0v) is 15.8. The summed E-state index contributed by atoms with van der Waals surface area (Å²) in [7, 11) is -1.50. The second-order valence-corrected chi connectivity index (χ2v) is 9.55. The van der Waals surface area contributed by atoms with Gasteiger partial charge in [-0.2, -0.15) is 4.98 Å². The molecular formula is C18H23N3O4S. The summed E-state index contributed by atoms with van der Waals surface area (Å²) in [5, 5.41) is 4.08. The lowest BCUT2D eigenvalue weighted by atomic mass is 9.83. The molecule has 1 spiro atoms. The summed E-state index contributed by atoms with van der Waals surface area (Å²) in [5.74, 6) is 1.84. The number of benzene rings is 1. The molecule has 0 aliphatic carbocycles. The van der Waals surface area contributed by atoms with Crippen molar-refractivity contribution in [3.63, 3.8) is 0 Å². The first kappa shape index (κ1) is 17.5. The Hall–Kier alpha value is -1.93. The smallest absolute Gasteiger partial charge is 0.231 e. The Morgan fingerprint density at radius 3 is 2.69 bits per heavy atom. The van der Waals surface area contributed by atoms with Crippen molar-refractivity contribution in [2.45, 2.75) is 30.4 Å². The van der Waals surface area contributed by atoms with Gasteiger partial charge in [-0.3, -0.25) is 0 Å². The number of ether oxygens (including phenoxy) is 1. The first-order valence-electron chi connectivity index (χ1n) is 8.87. The minimum absolute atomic E-state index is 0.200. The van der Waals surface area contributed by atoms with Gasteiger partial charge in [-0.05, 0) is 30.7 Å². The molecule has 26 heavy (non-hydrogen) atoms. The Morgan fingerprint density at radius 2 is 2.04 bits per heavy atom. The molecule has 4 rings (SSSR count). The predicted molar refractivity (Wildman–Crippen MR) is 96.1 cm³/mol. The van der Waals surface area contributed by atoms with Crippen LogP contribution in [0.25, 0.3) is 0 Å². The molecule has 0 amide bonds. The van der Waals surface area contributed by atoms with Gasteiger partial charge in [-0.1, -0.05) is 24.2 Å². The fraction of sp³-hybridized carbons (Fsp3) is 0.556. The first-order chi connectivity index (χ1) is 12.5.